The predicted octanol–water partition coefficient (Wildman–Crippen LogP) is 6.99. The topological polar surface area (TPSA) is 58.6 Å². The third-order valence-electron chi connectivity index (χ3n) is 6.91. The monoisotopic (exact) mass is 518 g/mol. The second-order valence-electron chi connectivity index (χ2n) is 10.7. The zero-order chi connectivity index (χ0) is 26.6. The molecule has 9 heteroatoms. The van der Waals surface area contributed by atoms with Crippen LogP contribution in [-0.2, 0) is 15.6 Å². The molecule has 192 valence electrons. The van der Waals surface area contributed by atoms with Gasteiger partial charge in [0.05, 0.1) is 4.91 Å². The van der Waals surface area contributed by atoms with Crippen LogP contribution in [0.25, 0.3) is 17.2 Å². The lowest BCUT2D eigenvalue weighted by Gasteiger charge is -2.43. The predicted molar refractivity (Wildman–Crippen MR) is 137 cm³/mol. The fourth-order valence-corrected chi connectivity index (χ4v) is 5.50. The first-order chi connectivity index (χ1) is 16.6. The van der Waals surface area contributed by atoms with E-state index >= 15 is 0 Å². The Morgan fingerprint density at radius 1 is 0.972 bits per heavy atom. The van der Waals surface area contributed by atoms with Crippen molar-refractivity contribution in [3.05, 3.63) is 51.9 Å². The molecule has 1 fully saturated rings. The molecule has 36 heavy (non-hydrogen) atoms. The first kappa shape index (κ1) is 26.1. The number of halogens is 3. The summed E-state index contributed by atoms with van der Waals surface area (Å²) in [6.07, 6.45) is -1.56. The van der Waals surface area contributed by atoms with E-state index in [0.29, 0.717) is 28.5 Å². The number of carbonyl (C=O) groups is 2. The largest absolute Gasteiger partial charge is 0.573 e. The number of carbonyl (C=O) groups excluding carboxylic acids is 2. The second-order valence-corrected chi connectivity index (χ2v) is 11.7. The summed E-state index contributed by atoms with van der Waals surface area (Å²) in [5.41, 5.74) is 4.13. The van der Waals surface area contributed by atoms with Crippen molar-refractivity contribution in [2.24, 2.45) is 0 Å². The van der Waals surface area contributed by atoms with Gasteiger partial charge in [0.25, 0.3) is 11.1 Å². The van der Waals surface area contributed by atoms with Crippen LogP contribution in [0.4, 0.5) is 23.7 Å². The molecule has 0 radical (unpaired) electrons. The maximum absolute atomic E-state index is 13.5. The SMILES string of the molecule is CN(C)c1cc2c(cc1-c1ccc(/C=C3/SC(=O)NC3=O)cc1OC(F)(F)F)C(C)(C)CCC2(C)C. The Kier molecular flexibility index (Phi) is 6.44. The highest BCUT2D eigenvalue weighted by Crippen LogP contribution is 2.50. The highest BCUT2D eigenvalue weighted by atomic mass is 32.2. The number of thioether (sulfide) groups is 1. The number of hydrogen-bond acceptors (Lipinski definition) is 5. The average Bonchev–Trinajstić information content (AvgIpc) is 3.06. The Labute approximate surface area is 213 Å². The van der Waals surface area contributed by atoms with Crippen LogP contribution in [0.1, 0.15) is 57.2 Å². The minimum absolute atomic E-state index is 0.0631. The van der Waals surface area contributed by atoms with E-state index in [2.05, 4.69) is 43.8 Å². The Morgan fingerprint density at radius 2 is 1.58 bits per heavy atom. The number of nitrogens with zero attached hydrogens (tertiary/aromatic N) is 1. The number of ether oxygens (including phenoxy) is 1. The maximum atomic E-state index is 13.5. The fraction of sp³-hybridized carbons (Fsp3) is 0.407. The molecule has 0 aromatic heterocycles. The van der Waals surface area contributed by atoms with Crippen molar-refractivity contribution in [1.29, 1.82) is 0 Å². The van der Waals surface area contributed by atoms with E-state index < -0.39 is 17.5 Å². The molecule has 1 heterocycles. The molecule has 1 saturated heterocycles. The molecule has 1 N–H and O–H groups in total. The summed E-state index contributed by atoms with van der Waals surface area (Å²) < 4.78 is 44.9. The second kappa shape index (κ2) is 8.87. The van der Waals surface area contributed by atoms with Crippen LogP contribution in [0, 0.1) is 0 Å². The van der Waals surface area contributed by atoms with E-state index in [0.717, 1.165) is 24.1 Å². The number of rotatable bonds is 4. The summed E-state index contributed by atoms with van der Waals surface area (Å²) in [4.78, 5) is 25.4. The Bertz CT molecular complexity index is 1280. The van der Waals surface area contributed by atoms with E-state index in [1.165, 1.54) is 17.7 Å². The van der Waals surface area contributed by atoms with Gasteiger partial charge in [-0.05, 0) is 82.5 Å². The van der Waals surface area contributed by atoms with E-state index in [-0.39, 0.29) is 21.5 Å². The molecule has 1 aliphatic carbocycles. The summed E-state index contributed by atoms with van der Waals surface area (Å²) >= 11 is 0.701. The summed E-state index contributed by atoms with van der Waals surface area (Å²) in [6.45, 7) is 8.72. The molecule has 5 nitrogen and oxygen atoms in total. The lowest BCUT2D eigenvalue weighted by molar-refractivity contribution is -0.274. The Hall–Kier alpha value is -2.94. The van der Waals surface area contributed by atoms with Gasteiger partial charge in [0.2, 0.25) is 0 Å². The smallest absolute Gasteiger partial charge is 0.405 e. The quantitative estimate of drug-likeness (QED) is 0.442. The van der Waals surface area contributed by atoms with E-state index in [1.807, 2.05) is 25.1 Å². The minimum Gasteiger partial charge on any atom is -0.405 e. The summed E-state index contributed by atoms with van der Waals surface area (Å²) in [6, 6.07) is 8.53. The average molecular weight is 519 g/mol. The number of anilines is 1. The van der Waals surface area contributed by atoms with E-state index in [4.69, 9.17) is 0 Å². The van der Waals surface area contributed by atoms with Crippen LogP contribution in [0.3, 0.4) is 0 Å². The van der Waals surface area contributed by atoms with Gasteiger partial charge >= 0.3 is 6.36 Å². The summed E-state index contributed by atoms with van der Waals surface area (Å²) in [7, 11) is 3.73. The van der Waals surface area contributed by atoms with Gasteiger partial charge in [0.15, 0.2) is 0 Å². The number of nitrogens with one attached hydrogen (secondary N) is 1. The van der Waals surface area contributed by atoms with Gasteiger partial charge in [-0.2, -0.15) is 0 Å². The number of fused-ring (bicyclic) bond motifs is 1. The summed E-state index contributed by atoms with van der Waals surface area (Å²) in [5.74, 6) is -0.954. The first-order valence-corrected chi connectivity index (χ1v) is 12.4. The van der Waals surface area contributed by atoms with E-state index in [1.54, 1.807) is 12.1 Å². The van der Waals surface area contributed by atoms with Crippen molar-refractivity contribution >= 4 is 34.7 Å². The normalized spacial score (nSPS) is 19.8. The molecular formula is C27H29F3N2O3S. The van der Waals surface area contributed by atoms with Crippen molar-refractivity contribution in [2.45, 2.75) is 57.7 Å². The number of amides is 2. The number of imide groups is 1. The van der Waals surface area contributed by atoms with Crippen LogP contribution >= 0.6 is 11.8 Å². The van der Waals surface area contributed by atoms with Crippen molar-refractivity contribution < 1.29 is 27.5 Å². The molecule has 0 atom stereocenters. The molecular weight excluding hydrogens is 489 g/mol. The third-order valence-corrected chi connectivity index (χ3v) is 7.72. The highest BCUT2D eigenvalue weighted by molar-refractivity contribution is 8.18. The number of benzene rings is 2. The van der Waals surface area contributed by atoms with Crippen LogP contribution < -0.4 is 15.0 Å². The van der Waals surface area contributed by atoms with Crippen molar-refractivity contribution in [1.82, 2.24) is 5.32 Å². The zero-order valence-corrected chi connectivity index (χ0v) is 21.9. The lowest BCUT2D eigenvalue weighted by atomic mass is 9.62. The minimum atomic E-state index is -4.91. The fourth-order valence-electron chi connectivity index (χ4n) is 4.82. The van der Waals surface area contributed by atoms with Crippen LogP contribution in [0.5, 0.6) is 5.75 Å². The van der Waals surface area contributed by atoms with Gasteiger partial charge in [-0.25, -0.2) is 0 Å². The van der Waals surface area contributed by atoms with Gasteiger partial charge < -0.3 is 9.64 Å². The van der Waals surface area contributed by atoms with Crippen molar-refractivity contribution in [3.63, 3.8) is 0 Å². The maximum Gasteiger partial charge on any atom is 0.573 e. The zero-order valence-electron chi connectivity index (χ0n) is 21.1. The lowest BCUT2D eigenvalue weighted by Crippen LogP contribution is -2.34. The Balaban J connectivity index is 1.93. The molecule has 2 aliphatic rings. The van der Waals surface area contributed by atoms with Crippen molar-refractivity contribution in [2.75, 3.05) is 19.0 Å². The van der Waals surface area contributed by atoms with Crippen LogP contribution in [0.2, 0.25) is 0 Å². The van der Waals surface area contributed by atoms with Gasteiger partial charge in [-0.3, -0.25) is 14.9 Å². The molecule has 2 aromatic carbocycles. The number of hydrogen-bond donors (Lipinski definition) is 1. The standard InChI is InChI=1S/C27H29F3N2O3S/c1-25(2)9-10-26(3,4)19-14-20(32(5)6)17(13-18(19)25)16-8-7-15(11-21(16)35-27(28,29)30)12-22-23(33)31-24(34)36-22/h7-8,11-14H,9-10H2,1-6H3,(H,31,33,34)/b22-12+. The Morgan fingerprint density at radius 3 is 2.11 bits per heavy atom. The molecule has 0 saturated carbocycles. The van der Waals surface area contributed by atoms with Crippen LogP contribution in [0.15, 0.2) is 35.2 Å². The van der Waals surface area contributed by atoms with Crippen LogP contribution in [-0.4, -0.2) is 31.6 Å². The highest BCUT2D eigenvalue weighted by Gasteiger charge is 2.39. The number of alkyl halides is 3. The molecule has 2 aromatic rings. The van der Waals surface area contributed by atoms with Gasteiger partial charge in [-0.15, -0.1) is 13.2 Å². The third kappa shape index (κ3) is 5.12. The summed E-state index contributed by atoms with van der Waals surface area (Å²) in [5, 5.41) is 1.62. The molecule has 0 spiro atoms. The molecule has 4 rings (SSSR count). The van der Waals surface area contributed by atoms with Crippen molar-refractivity contribution in [3.8, 4) is 16.9 Å². The molecule has 0 unspecified atom stereocenters. The van der Waals surface area contributed by atoms with E-state index in [9.17, 15) is 22.8 Å². The van der Waals surface area contributed by atoms with Gasteiger partial charge in [0.1, 0.15) is 5.75 Å². The molecule has 0 bridgehead atoms. The molecule has 2 amide bonds. The van der Waals surface area contributed by atoms with Gasteiger partial charge in [0, 0.05) is 30.9 Å². The van der Waals surface area contributed by atoms with Gasteiger partial charge in [-0.1, -0.05) is 33.8 Å². The first-order valence-electron chi connectivity index (χ1n) is 11.6. The molecule has 1 aliphatic heterocycles.